The molecule has 0 radical (unpaired) electrons. The van der Waals surface area contributed by atoms with Gasteiger partial charge in [0, 0.05) is 19.8 Å². The summed E-state index contributed by atoms with van der Waals surface area (Å²) in [5.41, 5.74) is -0.925. The third kappa shape index (κ3) is 3.21. The third-order valence-electron chi connectivity index (χ3n) is 4.15. The highest BCUT2D eigenvalue weighted by atomic mass is 16.5. The molecule has 1 aromatic carbocycles. The molecule has 1 aromatic rings. The average molecular weight is 320 g/mol. The number of esters is 2. The molecule has 2 atom stereocenters. The van der Waals surface area contributed by atoms with Gasteiger partial charge >= 0.3 is 11.9 Å². The Kier molecular flexibility index (Phi) is 5.03. The fourth-order valence-electron chi connectivity index (χ4n) is 3.04. The van der Waals surface area contributed by atoms with E-state index in [0.29, 0.717) is 17.7 Å². The van der Waals surface area contributed by atoms with E-state index in [-0.39, 0.29) is 18.6 Å². The minimum Gasteiger partial charge on any atom is -0.497 e. The van der Waals surface area contributed by atoms with Gasteiger partial charge in [-0.25, -0.2) is 0 Å². The summed E-state index contributed by atoms with van der Waals surface area (Å²) in [5, 5.41) is 0. The molecule has 1 aliphatic rings. The van der Waals surface area contributed by atoms with Crippen molar-refractivity contribution in [1.82, 2.24) is 0 Å². The van der Waals surface area contributed by atoms with Gasteiger partial charge in [-0.2, -0.15) is 0 Å². The highest BCUT2D eigenvalue weighted by Crippen LogP contribution is 2.39. The van der Waals surface area contributed by atoms with E-state index in [1.54, 1.807) is 24.3 Å². The number of ketones is 1. The fraction of sp³-hybridized carbons (Fsp3) is 0.471. The van der Waals surface area contributed by atoms with E-state index in [1.807, 2.05) is 0 Å². The van der Waals surface area contributed by atoms with Crippen LogP contribution in [0.1, 0.15) is 31.7 Å². The molecule has 0 saturated heterocycles. The normalized spacial score (nSPS) is 24.0. The van der Waals surface area contributed by atoms with Crippen molar-refractivity contribution in [2.24, 2.45) is 0 Å². The molecule has 0 aliphatic heterocycles. The molecule has 0 unspecified atom stereocenters. The lowest BCUT2D eigenvalue weighted by atomic mass is 9.67. The van der Waals surface area contributed by atoms with Crippen LogP contribution in [0.2, 0.25) is 0 Å². The summed E-state index contributed by atoms with van der Waals surface area (Å²) in [6, 6.07) is 6.71. The second-order valence-corrected chi connectivity index (χ2v) is 5.52. The van der Waals surface area contributed by atoms with Gasteiger partial charge in [-0.15, -0.1) is 0 Å². The molecule has 0 aromatic heterocycles. The Morgan fingerprint density at radius 2 is 1.83 bits per heavy atom. The summed E-state index contributed by atoms with van der Waals surface area (Å²) < 4.78 is 15.2. The van der Waals surface area contributed by atoms with Gasteiger partial charge in [-0.1, -0.05) is 12.1 Å². The Morgan fingerprint density at radius 1 is 1.17 bits per heavy atom. The van der Waals surface area contributed by atoms with Crippen molar-refractivity contribution in [3.8, 4) is 5.75 Å². The fourth-order valence-corrected chi connectivity index (χ4v) is 3.04. The number of carbonyl (C=O) groups excluding carboxylic acids is 3. The van der Waals surface area contributed by atoms with Crippen LogP contribution in [0.5, 0.6) is 5.75 Å². The van der Waals surface area contributed by atoms with Gasteiger partial charge in [-0.05, 0) is 24.1 Å². The number of ether oxygens (including phenoxy) is 3. The van der Waals surface area contributed by atoms with Crippen LogP contribution in [0, 0.1) is 0 Å². The lowest BCUT2D eigenvalue weighted by Gasteiger charge is -2.37. The number of Topliss-reactive ketones (excluding diaryl/α,β-unsaturated/α-hetero) is 1. The monoisotopic (exact) mass is 320 g/mol. The SMILES string of the molecule is COC(=O)[C@@]1(c2ccc(OC)cc2)C[C@@H](OC(C)=O)CCC1=O. The predicted octanol–water partition coefficient (Wildman–Crippen LogP) is 1.79. The molecule has 0 amide bonds. The molecule has 6 nitrogen and oxygen atoms in total. The molecule has 1 saturated carbocycles. The van der Waals surface area contributed by atoms with Crippen molar-refractivity contribution in [3.05, 3.63) is 29.8 Å². The van der Waals surface area contributed by atoms with Gasteiger partial charge in [0.15, 0.2) is 11.2 Å². The average Bonchev–Trinajstić information content (AvgIpc) is 2.55. The highest BCUT2D eigenvalue weighted by molar-refractivity contribution is 6.10. The first-order chi connectivity index (χ1) is 10.9. The first kappa shape index (κ1) is 17.0. The summed E-state index contributed by atoms with van der Waals surface area (Å²) in [7, 11) is 2.78. The van der Waals surface area contributed by atoms with Crippen LogP contribution in [-0.2, 0) is 29.3 Å². The first-order valence-electron chi connectivity index (χ1n) is 7.37. The maximum Gasteiger partial charge on any atom is 0.324 e. The van der Waals surface area contributed by atoms with Crippen LogP contribution < -0.4 is 4.74 Å². The summed E-state index contributed by atoms with van der Waals surface area (Å²) in [4.78, 5) is 36.3. The quantitative estimate of drug-likeness (QED) is 0.621. The maximum atomic E-state index is 12.6. The van der Waals surface area contributed by atoms with Crippen molar-refractivity contribution in [2.45, 2.75) is 37.7 Å². The predicted molar refractivity (Wildman–Crippen MR) is 81.1 cm³/mol. The third-order valence-corrected chi connectivity index (χ3v) is 4.15. The molecular formula is C17H20O6. The van der Waals surface area contributed by atoms with Crippen molar-refractivity contribution >= 4 is 17.7 Å². The maximum absolute atomic E-state index is 12.6. The zero-order valence-electron chi connectivity index (χ0n) is 13.5. The number of hydrogen-bond donors (Lipinski definition) is 0. The molecule has 0 bridgehead atoms. The van der Waals surface area contributed by atoms with Gasteiger partial charge < -0.3 is 14.2 Å². The Morgan fingerprint density at radius 3 is 2.35 bits per heavy atom. The van der Waals surface area contributed by atoms with Crippen LogP contribution in [0.25, 0.3) is 0 Å². The van der Waals surface area contributed by atoms with Crippen LogP contribution in [0.15, 0.2) is 24.3 Å². The molecule has 2 rings (SSSR count). The van der Waals surface area contributed by atoms with E-state index in [0.717, 1.165) is 0 Å². The molecule has 23 heavy (non-hydrogen) atoms. The van der Waals surface area contributed by atoms with E-state index in [2.05, 4.69) is 0 Å². The molecule has 0 N–H and O–H groups in total. The number of rotatable bonds is 4. The minimum atomic E-state index is -1.45. The van der Waals surface area contributed by atoms with Crippen molar-refractivity contribution in [3.63, 3.8) is 0 Å². The van der Waals surface area contributed by atoms with Crippen LogP contribution in [-0.4, -0.2) is 38.0 Å². The second kappa shape index (κ2) is 6.81. The number of benzene rings is 1. The van der Waals surface area contributed by atoms with Gasteiger partial charge in [0.1, 0.15) is 11.9 Å². The molecule has 124 valence electrons. The first-order valence-corrected chi connectivity index (χ1v) is 7.37. The zero-order valence-corrected chi connectivity index (χ0v) is 13.5. The molecule has 0 spiro atoms. The topological polar surface area (TPSA) is 78.9 Å². The van der Waals surface area contributed by atoms with E-state index in [1.165, 1.54) is 21.1 Å². The Balaban J connectivity index is 2.45. The smallest absolute Gasteiger partial charge is 0.324 e. The zero-order chi connectivity index (χ0) is 17.0. The number of hydrogen-bond acceptors (Lipinski definition) is 6. The van der Waals surface area contributed by atoms with Crippen molar-refractivity contribution < 1.29 is 28.6 Å². The van der Waals surface area contributed by atoms with E-state index >= 15 is 0 Å². The molecule has 1 fully saturated rings. The standard InChI is InChI=1S/C17H20O6/c1-11(18)23-14-8-9-15(19)17(10-14,16(20)22-3)12-4-6-13(21-2)7-5-12/h4-7,14H,8-10H2,1-3H3/t14-,17+/m0/s1. The second-order valence-electron chi connectivity index (χ2n) is 5.52. The van der Waals surface area contributed by atoms with Gasteiger partial charge in [0.05, 0.1) is 14.2 Å². The van der Waals surface area contributed by atoms with Gasteiger partial charge in [-0.3, -0.25) is 14.4 Å². The highest BCUT2D eigenvalue weighted by Gasteiger charge is 2.52. The largest absolute Gasteiger partial charge is 0.497 e. The van der Waals surface area contributed by atoms with Gasteiger partial charge in [0.25, 0.3) is 0 Å². The van der Waals surface area contributed by atoms with E-state index in [9.17, 15) is 14.4 Å². The van der Waals surface area contributed by atoms with E-state index < -0.39 is 23.5 Å². The lowest BCUT2D eigenvalue weighted by molar-refractivity contribution is -0.162. The summed E-state index contributed by atoms with van der Waals surface area (Å²) >= 11 is 0. The molecule has 6 heteroatoms. The van der Waals surface area contributed by atoms with Crippen LogP contribution >= 0.6 is 0 Å². The van der Waals surface area contributed by atoms with Crippen molar-refractivity contribution in [1.29, 1.82) is 0 Å². The van der Waals surface area contributed by atoms with Gasteiger partial charge in [0.2, 0.25) is 0 Å². The van der Waals surface area contributed by atoms with E-state index in [4.69, 9.17) is 14.2 Å². The molecular weight excluding hydrogens is 300 g/mol. The summed E-state index contributed by atoms with van der Waals surface area (Å²) in [6.45, 7) is 1.31. The number of methoxy groups -OCH3 is 2. The summed E-state index contributed by atoms with van der Waals surface area (Å²) in [6.07, 6.45) is 0.156. The minimum absolute atomic E-state index is 0.0877. The Hall–Kier alpha value is -2.37. The van der Waals surface area contributed by atoms with Crippen molar-refractivity contribution in [2.75, 3.05) is 14.2 Å². The lowest BCUT2D eigenvalue weighted by Crippen LogP contribution is -2.50. The molecule has 1 aliphatic carbocycles. The molecule has 0 heterocycles. The Bertz CT molecular complexity index is 596. The Labute approximate surface area is 134 Å². The number of carbonyl (C=O) groups is 3. The van der Waals surface area contributed by atoms with Crippen LogP contribution in [0.4, 0.5) is 0 Å². The van der Waals surface area contributed by atoms with Crippen LogP contribution in [0.3, 0.4) is 0 Å². The summed E-state index contributed by atoms with van der Waals surface area (Å²) in [5.74, 6) is -0.672.